The van der Waals surface area contributed by atoms with Crippen molar-refractivity contribution in [3.05, 3.63) is 0 Å². The first-order chi connectivity index (χ1) is 7.26. The van der Waals surface area contributed by atoms with Crippen molar-refractivity contribution >= 4 is 0 Å². The fourth-order valence-corrected chi connectivity index (χ4v) is 2.91. The van der Waals surface area contributed by atoms with Crippen LogP contribution in [0.5, 0.6) is 0 Å². The Balaban J connectivity index is 1.91. The van der Waals surface area contributed by atoms with E-state index in [9.17, 15) is 0 Å². The first-order valence-corrected chi connectivity index (χ1v) is 6.17. The molecule has 0 aromatic rings. The van der Waals surface area contributed by atoms with Gasteiger partial charge in [0.15, 0.2) is 0 Å². The van der Waals surface area contributed by atoms with Gasteiger partial charge in [-0.1, -0.05) is 6.92 Å². The van der Waals surface area contributed by atoms with Gasteiger partial charge in [-0.3, -0.25) is 0 Å². The molecule has 0 aromatic carbocycles. The molecule has 0 bridgehead atoms. The molecule has 2 N–H and O–H groups in total. The van der Waals surface area contributed by atoms with Crippen LogP contribution >= 0.6 is 0 Å². The normalized spacial score (nSPS) is 38.4. The highest BCUT2D eigenvalue weighted by atomic mass is 16.6. The summed E-state index contributed by atoms with van der Waals surface area (Å²) < 4.78 is 11.4. The predicted octanol–water partition coefficient (Wildman–Crippen LogP) is 1.56. The molecule has 1 spiro atoms. The quantitative estimate of drug-likeness (QED) is 0.773. The van der Waals surface area contributed by atoms with Gasteiger partial charge in [0.25, 0.3) is 0 Å². The molecule has 2 rings (SSSR count). The molecule has 3 atom stereocenters. The standard InChI is InChI=1S/C12H23NO2/c1-10(2-5-13)11-3-6-15-12(8-11)4-7-14-9-12/h10-11H,2-9,13H2,1H3. The van der Waals surface area contributed by atoms with Crippen molar-refractivity contribution in [3.63, 3.8) is 0 Å². The molecule has 2 aliphatic rings. The van der Waals surface area contributed by atoms with Crippen LogP contribution in [0, 0.1) is 11.8 Å². The van der Waals surface area contributed by atoms with E-state index < -0.39 is 0 Å². The summed E-state index contributed by atoms with van der Waals surface area (Å²) in [5.41, 5.74) is 5.69. The number of rotatable bonds is 3. The molecule has 88 valence electrons. The maximum absolute atomic E-state index is 5.93. The smallest absolute Gasteiger partial charge is 0.0939 e. The Morgan fingerprint density at radius 2 is 2.33 bits per heavy atom. The van der Waals surface area contributed by atoms with Crippen molar-refractivity contribution in [2.75, 3.05) is 26.4 Å². The zero-order valence-electron chi connectivity index (χ0n) is 9.71. The summed E-state index contributed by atoms with van der Waals surface area (Å²) in [7, 11) is 0. The van der Waals surface area contributed by atoms with Crippen LogP contribution in [-0.2, 0) is 9.47 Å². The van der Waals surface area contributed by atoms with Gasteiger partial charge in [-0.15, -0.1) is 0 Å². The van der Waals surface area contributed by atoms with Crippen LogP contribution in [-0.4, -0.2) is 32.0 Å². The predicted molar refractivity (Wildman–Crippen MR) is 59.7 cm³/mol. The molecule has 0 aromatic heterocycles. The van der Waals surface area contributed by atoms with E-state index in [4.69, 9.17) is 15.2 Å². The van der Waals surface area contributed by atoms with Crippen LogP contribution in [0.2, 0.25) is 0 Å². The number of hydrogen-bond donors (Lipinski definition) is 1. The van der Waals surface area contributed by atoms with Crippen LogP contribution in [0.25, 0.3) is 0 Å². The van der Waals surface area contributed by atoms with E-state index in [2.05, 4.69) is 6.92 Å². The van der Waals surface area contributed by atoms with Crippen LogP contribution in [0.1, 0.15) is 32.6 Å². The first-order valence-electron chi connectivity index (χ1n) is 6.17. The lowest BCUT2D eigenvalue weighted by Gasteiger charge is -2.39. The lowest BCUT2D eigenvalue weighted by atomic mass is 9.77. The molecular formula is C12H23NO2. The van der Waals surface area contributed by atoms with E-state index >= 15 is 0 Å². The fraction of sp³-hybridized carbons (Fsp3) is 1.00. The van der Waals surface area contributed by atoms with Gasteiger partial charge in [0, 0.05) is 19.6 Å². The van der Waals surface area contributed by atoms with Crippen molar-refractivity contribution in [2.24, 2.45) is 17.6 Å². The number of ether oxygens (including phenoxy) is 2. The third-order valence-electron chi connectivity index (χ3n) is 4.02. The Labute approximate surface area is 92.3 Å². The highest BCUT2D eigenvalue weighted by molar-refractivity contribution is 4.91. The first kappa shape index (κ1) is 11.4. The Hall–Kier alpha value is -0.120. The molecule has 0 aliphatic carbocycles. The molecule has 0 amide bonds. The Bertz CT molecular complexity index is 202. The second kappa shape index (κ2) is 4.81. The van der Waals surface area contributed by atoms with E-state index in [1.165, 1.54) is 12.8 Å². The summed E-state index contributed by atoms with van der Waals surface area (Å²) in [6, 6.07) is 0. The van der Waals surface area contributed by atoms with Gasteiger partial charge in [-0.2, -0.15) is 0 Å². The largest absolute Gasteiger partial charge is 0.378 e. The lowest BCUT2D eigenvalue weighted by molar-refractivity contribution is -0.106. The summed E-state index contributed by atoms with van der Waals surface area (Å²) in [6.45, 7) is 5.72. The van der Waals surface area contributed by atoms with Gasteiger partial charge in [-0.25, -0.2) is 0 Å². The van der Waals surface area contributed by atoms with Gasteiger partial charge < -0.3 is 15.2 Å². The molecular weight excluding hydrogens is 190 g/mol. The van der Waals surface area contributed by atoms with E-state index in [0.717, 1.165) is 51.0 Å². The van der Waals surface area contributed by atoms with Crippen LogP contribution in [0.15, 0.2) is 0 Å². The number of nitrogens with two attached hydrogens (primary N) is 1. The zero-order chi connectivity index (χ0) is 10.7. The van der Waals surface area contributed by atoms with Crippen molar-refractivity contribution in [1.82, 2.24) is 0 Å². The summed E-state index contributed by atoms with van der Waals surface area (Å²) >= 11 is 0. The van der Waals surface area contributed by atoms with Crippen LogP contribution in [0.3, 0.4) is 0 Å². The minimum absolute atomic E-state index is 0.0613. The van der Waals surface area contributed by atoms with Crippen LogP contribution < -0.4 is 5.73 Å². The SMILES string of the molecule is CC(CCN)C1CCOC2(CCOC2)C1. The van der Waals surface area contributed by atoms with Crippen molar-refractivity contribution in [3.8, 4) is 0 Å². The monoisotopic (exact) mass is 213 g/mol. The highest BCUT2D eigenvalue weighted by Gasteiger charge is 2.41. The molecule has 0 saturated carbocycles. The lowest BCUT2D eigenvalue weighted by Crippen LogP contribution is -2.42. The minimum atomic E-state index is 0.0613. The van der Waals surface area contributed by atoms with E-state index in [0.29, 0.717) is 0 Å². The summed E-state index contributed by atoms with van der Waals surface area (Å²) in [5.74, 6) is 1.51. The molecule has 3 unspecified atom stereocenters. The van der Waals surface area contributed by atoms with Gasteiger partial charge in [0.2, 0.25) is 0 Å². The molecule has 15 heavy (non-hydrogen) atoms. The molecule has 2 heterocycles. The Kier molecular flexibility index (Phi) is 3.65. The number of hydrogen-bond acceptors (Lipinski definition) is 3. The highest BCUT2D eigenvalue weighted by Crippen LogP contribution is 2.39. The van der Waals surface area contributed by atoms with E-state index in [1.807, 2.05) is 0 Å². The van der Waals surface area contributed by atoms with Crippen molar-refractivity contribution in [2.45, 2.75) is 38.2 Å². The summed E-state index contributed by atoms with van der Waals surface area (Å²) in [4.78, 5) is 0. The third kappa shape index (κ3) is 2.52. The second-order valence-electron chi connectivity index (χ2n) is 5.14. The molecule has 2 saturated heterocycles. The molecule has 2 aliphatic heterocycles. The van der Waals surface area contributed by atoms with Gasteiger partial charge in [-0.05, 0) is 37.6 Å². The maximum atomic E-state index is 5.93. The second-order valence-corrected chi connectivity index (χ2v) is 5.14. The van der Waals surface area contributed by atoms with Gasteiger partial charge >= 0.3 is 0 Å². The topological polar surface area (TPSA) is 44.5 Å². The van der Waals surface area contributed by atoms with Crippen molar-refractivity contribution < 1.29 is 9.47 Å². The molecule has 3 nitrogen and oxygen atoms in total. The van der Waals surface area contributed by atoms with Gasteiger partial charge in [0.1, 0.15) is 0 Å². The minimum Gasteiger partial charge on any atom is -0.378 e. The molecule has 3 heteroatoms. The maximum Gasteiger partial charge on any atom is 0.0939 e. The summed E-state index contributed by atoms with van der Waals surface area (Å²) in [5, 5.41) is 0. The fourth-order valence-electron chi connectivity index (χ4n) is 2.91. The third-order valence-corrected chi connectivity index (χ3v) is 4.02. The van der Waals surface area contributed by atoms with Crippen LogP contribution in [0.4, 0.5) is 0 Å². The van der Waals surface area contributed by atoms with E-state index in [1.54, 1.807) is 0 Å². The van der Waals surface area contributed by atoms with Gasteiger partial charge in [0.05, 0.1) is 12.2 Å². The Morgan fingerprint density at radius 1 is 1.47 bits per heavy atom. The molecule has 0 radical (unpaired) electrons. The zero-order valence-corrected chi connectivity index (χ0v) is 9.71. The Morgan fingerprint density at radius 3 is 3.00 bits per heavy atom. The summed E-state index contributed by atoms with van der Waals surface area (Å²) in [6.07, 6.45) is 4.59. The molecule has 2 fully saturated rings. The average molecular weight is 213 g/mol. The van der Waals surface area contributed by atoms with Crippen molar-refractivity contribution in [1.29, 1.82) is 0 Å². The van der Waals surface area contributed by atoms with E-state index in [-0.39, 0.29) is 5.60 Å². The average Bonchev–Trinajstić information content (AvgIpc) is 2.67.